The summed E-state index contributed by atoms with van der Waals surface area (Å²) in [6.07, 6.45) is 1.49. The Morgan fingerprint density at radius 1 is 1.29 bits per heavy atom. The van der Waals surface area contributed by atoms with Gasteiger partial charge in [0.15, 0.2) is 0 Å². The molecule has 0 atom stereocenters. The van der Waals surface area contributed by atoms with E-state index in [-0.39, 0.29) is 17.8 Å². The highest BCUT2D eigenvalue weighted by atomic mass is 35.5. The Balaban J connectivity index is 2.05. The summed E-state index contributed by atoms with van der Waals surface area (Å²) in [5, 5.41) is 0.461. The molecule has 1 aliphatic heterocycles. The number of carbonyl (C=O) groups is 2. The maximum atomic E-state index is 14.1. The molecule has 2 aromatic rings. The molecular formula is C15H10ClFN2O2. The Labute approximate surface area is 125 Å². The molecule has 1 aromatic carbocycles. The molecule has 0 spiro atoms. The number of fused-ring (bicyclic) bond motifs is 1. The lowest BCUT2D eigenvalue weighted by atomic mass is 10.1. The number of amides is 1. The first-order valence-corrected chi connectivity index (χ1v) is 6.62. The van der Waals surface area contributed by atoms with Crippen LogP contribution in [0.25, 0.3) is 0 Å². The topological polar surface area (TPSA) is 50.3 Å². The van der Waals surface area contributed by atoms with Crippen molar-refractivity contribution in [1.82, 2.24) is 4.98 Å². The number of ketones is 1. The summed E-state index contributed by atoms with van der Waals surface area (Å²) < 4.78 is 14.1. The number of aryl methyl sites for hydroxylation is 1. The number of Topliss-reactive ketones (excluding diaryl/α,β-unsaturated/α-hetero) is 1. The fourth-order valence-electron chi connectivity index (χ4n) is 2.37. The molecule has 0 aliphatic carbocycles. The molecule has 106 valence electrons. The lowest BCUT2D eigenvalue weighted by molar-refractivity contribution is -0.114. The molecule has 21 heavy (non-hydrogen) atoms. The monoisotopic (exact) mass is 304 g/mol. The molecule has 0 fully saturated rings. The largest absolute Gasteiger partial charge is 0.299 e. The fourth-order valence-corrected chi connectivity index (χ4v) is 2.55. The Bertz CT molecular complexity index is 776. The summed E-state index contributed by atoms with van der Waals surface area (Å²) in [5.74, 6) is -2.04. The van der Waals surface area contributed by atoms with Crippen LogP contribution < -0.4 is 4.90 Å². The molecule has 4 nitrogen and oxygen atoms in total. The van der Waals surface area contributed by atoms with Crippen molar-refractivity contribution in [1.29, 1.82) is 0 Å². The zero-order chi connectivity index (χ0) is 15.1. The van der Waals surface area contributed by atoms with Crippen molar-refractivity contribution >= 4 is 29.0 Å². The minimum atomic E-state index is -0.753. The maximum Gasteiger partial charge on any atom is 0.299 e. The number of carbonyl (C=O) groups excluding carboxylic acids is 2. The van der Waals surface area contributed by atoms with Crippen molar-refractivity contribution in [2.75, 3.05) is 4.90 Å². The smallest absolute Gasteiger partial charge is 0.296 e. The minimum Gasteiger partial charge on any atom is -0.296 e. The fraction of sp³-hybridized carbons (Fsp3) is 0.133. The van der Waals surface area contributed by atoms with Gasteiger partial charge in [-0.05, 0) is 36.8 Å². The molecule has 0 saturated carbocycles. The molecule has 1 amide bonds. The second-order valence-corrected chi connectivity index (χ2v) is 5.27. The highest BCUT2D eigenvalue weighted by molar-refractivity contribution is 6.52. The average Bonchev–Trinajstić information content (AvgIpc) is 2.64. The van der Waals surface area contributed by atoms with E-state index in [2.05, 4.69) is 4.98 Å². The Morgan fingerprint density at radius 2 is 2.05 bits per heavy atom. The predicted octanol–water partition coefficient (Wildman–Crippen LogP) is 2.91. The highest BCUT2D eigenvalue weighted by Crippen LogP contribution is 2.33. The van der Waals surface area contributed by atoms with Gasteiger partial charge < -0.3 is 0 Å². The van der Waals surface area contributed by atoms with Crippen LogP contribution >= 0.6 is 11.6 Å². The zero-order valence-electron chi connectivity index (χ0n) is 11.1. The van der Waals surface area contributed by atoms with Gasteiger partial charge in [-0.1, -0.05) is 11.6 Å². The average molecular weight is 305 g/mol. The van der Waals surface area contributed by atoms with Crippen LogP contribution in [0.3, 0.4) is 0 Å². The number of anilines is 1. The van der Waals surface area contributed by atoms with Gasteiger partial charge in [-0.15, -0.1) is 0 Å². The second-order valence-electron chi connectivity index (χ2n) is 4.83. The van der Waals surface area contributed by atoms with Crippen molar-refractivity contribution in [2.45, 2.75) is 13.5 Å². The van der Waals surface area contributed by atoms with Crippen LogP contribution in [0, 0.1) is 12.7 Å². The van der Waals surface area contributed by atoms with Gasteiger partial charge in [0.05, 0.1) is 23.5 Å². The second kappa shape index (κ2) is 4.93. The lowest BCUT2D eigenvalue weighted by Crippen LogP contribution is -2.29. The molecule has 0 saturated heterocycles. The van der Waals surface area contributed by atoms with Crippen molar-refractivity contribution in [3.8, 4) is 0 Å². The van der Waals surface area contributed by atoms with Crippen molar-refractivity contribution in [3.05, 3.63) is 58.1 Å². The SMILES string of the molecule is Cc1cc(F)c2c(c1)C(=O)C(=O)N2Cc1cc(Cl)ccn1. The number of aromatic nitrogens is 1. The Hall–Kier alpha value is -2.27. The summed E-state index contributed by atoms with van der Waals surface area (Å²) >= 11 is 5.86. The van der Waals surface area contributed by atoms with E-state index < -0.39 is 17.5 Å². The summed E-state index contributed by atoms with van der Waals surface area (Å²) in [7, 11) is 0. The van der Waals surface area contributed by atoms with Gasteiger partial charge in [0.25, 0.3) is 11.7 Å². The van der Waals surface area contributed by atoms with Crippen molar-refractivity contribution in [3.63, 3.8) is 0 Å². The summed E-state index contributed by atoms with van der Waals surface area (Å²) in [5.41, 5.74) is 1.18. The molecule has 0 radical (unpaired) electrons. The molecule has 1 aliphatic rings. The van der Waals surface area contributed by atoms with Crippen molar-refractivity contribution in [2.24, 2.45) is 0 Å². The summed E-state index contributed by atoms with van der Waals surface area (Å²) in [6, 6.07) is 5.98. The number of benzene rings is 1. The normalized spacial score (nSPS) is 13.8. The third-order valence-corrected chi connectivity index (χ3v) is 3.50. The van der Waals surface area contributed by atoms with Gasteiger partial charge in [-0.3, -0.25) is 19.5 Å². The van der Waals surface area contributed by atoms with Gasteiger partial charge in [0.2, 0.25) is 0 Å². The minimum absolute atomic E-state index is 0.00187. The Morgan fingerprint density at radius 3 is 2.76 bits per heavy atom. The standard InChI is InChI=1S/C15H10ClFN2O2/c1-8-4-11-13(12(17)5-8)19(15(21)14(11)20)7-10-6-9(16)2-3-18-10/h2-6H,7H2,1H3. The predicted molar refractivity (Wildman–Crippen MR) is 75.9 cm³/mol. The van der Waals surface area contributed by atoms with Gasteiger partial charge in [0.1, 0.15) is 5.82 Å². The van der Waals surface area contributed by atoms with E-state index in [0.29, 0.717) is 16.3 Å². The number of pyridine rings is 1. The number of halogens is 2. The molecule has 1 aromatic heterocycles. The van der Waals surface area contributed by atoms with Gasteiger partial charge in [-0.25, -0.2) is 4.39 Å². The van der Waals surface area contributed by atoms with Crippen LogP contribution in [0.5, 0.6) is 0 Å². The molecule has 2 heterocycles. The zero-order valence-corrected chi connectivity index (χ0v) is 11.8. The lowest BCUT2D eigenvalue weighted by Gasteiger charge is -2.16. The van der Waals surface area contributed by atoms with Gasteiger partial charge in [0, 0.05) is 11.2 Å². The van der Waals surface area contributed by atoms with E-state index in [1.807, 2.05) is 0 Å². The van der Waals surface area contributed by atoms with Crippen LogP contribution in [-0.4, -0.2) is 16.7 Å². The number of rotatable bonds is 2. The van der Waals surface area contributed by atoms with E-state index in [9.17, 15) is 14.0 Å². The third kappa shape index (κ3) is 2.29. The van der Waals surface area contributed by atoms with Crippen LogP contribution in [0.15, 0.2) is 30.5 Å². The third-order valence-electron chi connectivity index (χ3n) is 3.26. The van der Waals surface area contributed by atoms with E-state index in [0.717, 1.165) is 4.90 Å². The Kier molecular flexibility index (Phi) is 3.22. The summed E-state index contributed by atoms with van der Waals surface area (Å²) in [4.78, 5) is 29.2. The highest BCUT2D eigenvalue weighted by Gasteiger charge is 2.38. The molecule has 6 heteroatoms. The molecule has 0 N–H and O–H groups in total. The van der Waals surface area contributed by atoms with Crippen LogP contribution in [0.1, 0.15) is 21.6 Å². The summed E-state index contributed by atoms with van der Waals surface area (Å²) in [6.45, 7) is 1.67. The van der Waals surface area contributed by atoms with E-state index >= 15 is 0 Å². The molecule has 0 unspecified atom stereocenters. The van der Waals surface area contributed by atoms with Gasteiger partial charge in [-0.2, -0.15) is 0 Å². The van der Waals surface area contributed by atoms with E-state index in [1.165, 1.54) is 18.3 Å². The number of nitrogens with zero attached hydrogens (tertiary/aromatic N) is 2. The first-order valence-electron chi connectivity index (χ1n) is 6.24. The first kappa shape index (κ1) is 13.7. The quantitative estimate of drug-likeness (QED) is 0.802. The van der Waals surface area contributed by atoms with E-state index in [1.54, 1.807) is 19.1 Å². The van der Waals surface area contributed by atoms with E-state index in [4.69, 9.17) is 11.6 Å². The first-order chi connectivity index (χ1) is 9.97. The van der Waals surface area contributed by atoms with Gasteiger partial charge >= 0.3 is 0 Å². The maximum absolute atomic E-state index is 14.1. The molecule has 3 rings (SSSR count). The van der Waals surface area contributed by atoms with Crippen molar-refractivity contribution < 1.29 is 14.0 Å². The molecule has 0 bridgehead atoms. The van der Waals surface area contributed by atoms with Crippen LogP contribution in [-0.2, 0) is 11.3 Å². The number of hydrogen-bond donors (Lipinski definition) is 0. The van der Waals surface area contributed by atoms with Crippen LogP contribution in [0.4, 0.5) is 10.1 Å². The van der Waals surface area contributed by atoms with Crippen LogP contribution in [0.2, 0.25) is 5.02 Å². The molecular weight excluding hydrogens is 295 g/mol. The number of hydrogen-bond acceptors (Lipinski definition) is 3.